The average Bonchev–Trinajstić information content (AvgIpc) is 2.37. The van der Waals surface area contributed by atoms with Gasteiger partial charge in [0.05, 0.1) is 18.8 Å². The zero-order chi connectivity index (χ0) is 13.4. The third kappa shape index (κ3) is 5.21. The van der Waals surface area contributed by atoms with Crippen molar-refractivity contribution < 1.29 is 14.3 Å². The lowest BCUT2D eigenvalue weighted by Crippen LogP contribution is -2.07. The van der Waals surface area contributed by atoms with Gasteiger partial charge in [0, 0.05) is 0 Å². The maximum absolute atomic E-state index is 11.6. The highest BCUT2D eigenvalue weighted by atomic mass is 16.5. The summed E-state index contributed by atoms with van der Waals surface area (Å²) in [5.41, 5.74) is 0.572. The van der Waals surface area contributed by atoms with Gasteiger partial charge in [-0.2, -0.15) is 0 Å². The Bertz CT molecular complexity index is 355. The van der Waals surface area contributed by atoms with Crippen molar-refractivity contribution in [3.8, 4) is 5.75 Å². The molecular weight excluding hydrogens is 228 g/mol. The predicted octanol–water partition coefficient (Wildman–Crippen LogP) is 3.68. The van der Waals surface area contributed by atoms with Crippen LogP contribution in [-0.2, 0) is 4.74 Å². The molecule has 0 unspecified atom stereocenters. The summed E-state index contributed by atoms with van der Waals surface area (Å²) < 4.78 is 10.7. The topological polar surface area (TPSA) is 35.5 Å². The number of benzene rings is 1. The van der Waals surface area contributed by atoms with Crippen molar-refractivity contribution in [1.82, 2.24) is 0 Å². The lowest BCUT2D eigenvalue weighted by molar-refractivity contribution is 0.0499. The van der Waals surface area contributed by atoms with E-state index >= 15 is 0 Å². The molecule has 1 aromatic carbocycles. The van der Waals surface area contributed by atoms with Gasteiger partial charge in [0.2, 0.25) is 0 Å². The molecule has 3 nitrogen and oxygen atoms in total. The summed E-state index contributed by atoms with van der Waals surface area (Å²) in [6.45, 7) is 7.43. The molecule has 0 aliphatic carbocycles. The van der Waals surface area contributed by atoms with Crippen LogP contribution in [0.15, 0.2) is 24.3 Å². The summed E-state index contributed by atoms with van der Waals surface area (Å²) in [6, 6.07) is 7.09. The quantitative estimate of drug-likeness (QED) is 0.547. The second-order valence-corrected chi connectivity index (χ2v) is 4.72. The molecule has 100 valence electrons. The number of esters is 1. The van der Waals surface area contributed by atoms with Crippen LogP contribution in [0.3, 0.4) is 0 Å². The highest BCUT2D eigenvalue weighted by Crippen LogP contribution is 2.14. The van der Waals surface area contributed by atoms with Crippen molar-refractivity contribution in [2.45, 2.75) is 33.6 Å². The molecule has 3 heteroatoms. The Morgan fingerprint density at radius 2 is 1.89 bits per heavy atom. The minimum Gasteiger partial charge on any atom is -0.493 e. The normalized spacial score (nSPS) is 10.4. The standard InChI is InChI=1S/C15H22O3/c1-4-5-10-17-15(16)13-6-8-14(9-7-13)18-11-12(2)3/h6-9,12H,4-5,10-11H2,1-3H3. The molecule has 0 aliphatic heterocycles. The third-order valence-electron chi connectivity index (χ3n) is 2.40. The van der Waals surface area contributed by atoms with Gasteiger partial charge in [0.25, 0.3) is 0 Å². The van der Waals surface area contributed by atoms with Crippen molar-refractivity contribution in [2.75, 3.05) is 13.2 Å². The Labute approximate surface area is 109 Å². The molecule has 0 aliphatic rings. The Morgan fingerprint density at radius 1 is 1.22 bits per heavy atom. The molecule has 0 fully saturated rings. The van der Waals surface area contributed by atoms with Gasteiger partial charge in [-0.05, 0) is 36.6 Å². The van der Waals surface area contributed by atoms with Crippen LogP contribution in [0.2, 0.25) is 0 Å². The summed E-state index contributed by atoms with van der Waals surface area (Å²) in [5.74, 6) is 1.01. The summed E-state index contributed by atoms with van der Waals surface area (Å²) in [7, 11) is 0. The summed E-state index contributed by atoms with van der Waals surface area (Å²) in [4.78, 5) is 11.6. The first-order valence-electron chi connectivity index (χ1n) is 6.53. The van der Waals surface area contributed by atoms with E-state index in [9.17, 15) is 4.79 Å². The maximum atomic E-state index is 11.6. The van der Waals surface area contributed by atoms with Crippen LogP contribution < -0.4 is 4.74 Å². The molecule has 0 heterocycles. The van der Waals surface area contributed by atoms with Crippen molar-refractivity contribution >= 4 is 5.97 Å². The Hall–Kier alpha value is -1.51. The molecule has 1 aromatic rings. The number of ether oxygens (including phenoxy) is 2. The molecule has 1 rings (SSSR count). The average molecular weight is 250 g/mol. The van der Waals surface area contributed by atoms with Gasteiger partial charge in [0.15, 0.2) is 0 Å². The van der Waals surface area contributed by atoms with Crippen LogP contribution in [-0.4, -0.2) is 19.2 Å². The fourth-order valence-electron chi connectivity index (χ4n) is 1.34. The van der Waals surface area contributed by atoms with Gasteiger partial charge in [-0.3, -0.25) is 0 Å². The van der Waals surface area contributed by atoms with Crippen LogP contribution >= 0.6 is 0 Å². The summed E-state index contributed by atoms with van der Waals surface area (Å²) >= 11 is 0. The van der Waals surface area contributed by atoms with E-state index in [0.717, 1.165) is 18.6 Å². The fourth-order valence-corrected chi connectivity index (χ4v) is 1.34. The molecule has 0 atom stereocenters. The fraction of sp³-hybridized carbons (Fsp3) is 0.533. The first kappa shape index (κ1) is 14.6. The zero-order valence-electron chi connectivity index (χ0n) is 11.4. The molecule has 0 N–H and O–H groups in total. The number of carbonyl (C=O) groups excluding carboxylic acids is 1. The number of rotatable bonds is 7. The van der Waals surface area contributed by atoms with E-state index in [1.54, 1.807) is 24.3 Å². The summed E-state index contributed by atoms with van der Waals surface area (Å²) in [5, 5.41) is 0. The Balaban J connectivity index is 2.46. The number of hydrogen-bond donors (Lipinski definition) is 0. The lowest BCUT2D eigenvalue weighted by Gasteiger charge is -2.09. The molecule has 18 heavy (non-hydrogen) atoms. The van der Waals surface area contributed by atoms with E-state index in [0.29, 0.717) is 24.7 Å². The smallest absolute Gasteiger partial charge is 0.338 e. The van der Waals surface area contributed by atoms with Gasteiger partial charge in [-0.1, -0.05) is 27.2 Å². The first-order valence-corrected chi connectivity index (χ1v) is 6.53. The van der Waals surface area contributed by atoms with Gasteiger partial charge in [0.1, 0.15) is 5.75 Å². The second kappa shape index (κ2) is 7.75. The van der Waals surface area contributed by atoms with Gasteiger partial charge in [-0.15, -0.1) is 0 Å². The molecule has 0 bridgehead atoms. The molecule has 0 spiro atoms. The van der Waals surface area contributed by atoms with Crippen molar-refractivity contribution in [3.63, 3.8) is 0 Å². The van der Waals surface area contributed by atoms with Crippen LogP contribution in [0.1, 0.15) is 44.0 Å². The highest BCUT2D eigenvalue weighted by molar-refractivity contribution is 5.89. The molecule has 0 saturated heterocycles. The zero-order valence-corrected chi connectivity index (χ0v) is 11.4. The number of unbranched alkanes of at least 4 members (excludes halogenated alkanes) is 1. The predicted molar refractivity (Wildman–Crippen MR) is 72.0 cm³/mol. The van der Waals surface area contributed by atoms with E-state index < -0.39 is 0 Å². The van der Waals surface area contributed by atoms with Crippen molar-refractivity contribution in [1.29, 1.82) is 0 Å². The summed E-state index contributed by atoms with van der Waals surface area (Å²) in [6.07, 6.45) is 1.93. The number of hydrogen-bond acceptors (Lipinski definition) is 3. The van der Waals surface area contributed by atoms with Crippen LogP contribution in [0, 0.1) is 5.92 Å². The molecule has 0 saturated carbocycles. The molecular formula is C15H22O3. The monoisotopic (exact) mass is 250 g/mol. The Morgan fingerprint density at radius 3 is 2.44 bits per heavy atom. The van der Waals surface area contributed by atoms with Crippen molar-refractivity contribution in [2.24, 2.45) is 5.92 Å². The van der Waals surface area contributed by atoms with Crippen molar-refractivity contribution in [3.05, 3.63) is 29.8 Å². The highest BCUT2D eigenvalue weighted by Gasteiger charge is 2.06. The van der Waals surface area contributed by atoms with Gasteiger partial charge >= 0.3 is 5.97 Å². The van der Waals surface area contributed by atoms with Gasteiger partial charge < -0.3 is 9.47 Å². The van der Waals surface area contributed by atoms with Crippen LogP contribution in [0.4, 0.5) is 0 Å². The first-order chi connectivity index (χ1) is 8.63. The third-order valence-corrected chi connectivity index (χ3v) is 2.40. The minimum atomic E-state index is -0.265. The molecule has 0 radical (unpaired) electrons. The van der Waals surface area contributed by atoms with E-state index in [-0.39, 0.29) is 5.97 Å². The lowest BCUT2D eigenvalue weighted by atomic mass is 10.2. The Kier molecular flexibility index (Phi) is 6.26. The second-order valence-electron chi connectivity index (χ2n) is 4.72. The van der Waals surface area contributed by atoms with E-state index in [4.69, 9.17) is 9.47 Å². The largest absolute Gasteiger partial charge is 0.493 e. The van der Waals surface area contributed by atoms with E-state index in [1.807, 2.05) is 0 Å². The van der Waals surface area contributed by atoms with Crippen LogP contribution in [0.25, 0.3) is 0 Å². The van der Waals surface area contributed by atoms with E-state index in [2.05, 4.69) is 20.8 Å². The minimum absolute atomic E-state index is 0.265. The van der Waals surface area contributed by atoms with E-state index in [1.165, 1.54) is 0 Å². The number of carbonyl (C=O) groups is 1. The van der Waals surface area contributed by atoms with Gasteiger partial charge in [-0.25, -0.2) is 4.79 Å². The van der Waals surface area contributed by atoms with Crippen LogP contribution in [0.5, 0.6) is 5.75 Å². The SMILES string of the molecule is CCCCOC(=O)c1ccc(OCC(C)C)cc1. The molecule has 0 amide bonds. The molecule has 0 aromatic heterocycles. The maximum Gasteiger partial charge on any atom is 0.338 e.